The van der Waals surface area contributed by atoms with Crippen LogP contribution >= 0.6 is 15.9 Å². The van der Waals surface area contributed by atoms with Crippen LogP contribution in [-0.4, -0.2) is 23.4 Å². The van der Waals surface area contributed by atoms with Crippen molar-refractivity contribution in [3.8, 4) is 0 Å². The molecule has 0 saturated heterocycles. The topological polar surface area (TPSA) is 46.4 Å². The molecule has 0 N–H and O–H groups in total. The average Bonchev–Trinajstić information content (AvgIpc) is 2.26. The highest BCUT2D eigenvalue weighted by Gasteiger charge is 2.16. The minimum atomic E-state index is -0.635. The molecule has 0 saturated carbocycles. The molecule has 92 valence electrons. The van der Waals surface area contributed by atoms with E-state index in [1.165, 1.54) is 6.07 Å². The second-order valence-electron chi connectivity index (χ2n) is 3.47. The molecule has 0 spiro atoms. The van der Waals surface area contributed by atoms with Gasteiger partial charge in [-0.25, -0.2) is 4.39 Å². The first-order chi connectivity index (χ1) is 7.95. The fourth-order valence-corrected chi connectivity index (χ4v) is 1.75. The molecule has 0 aliphatic carbocycles. The van der Waals surface area contributed by atoms with Crippen molar-refractivity contribution in [2.45, 2.75) is 6.92 Å². The van der Waals surface area contributed by atoms with E-state index in [9.17, 15) is 14.5 Å². The first-order valence-corrected chi connectivity index (χ1v) is 5.77. The summed E-state index contributed by atoms with van der Waals surface area (Å²) in [6.07, 6.45) is 3.30. The van der Waals surface area contributed by atoms with Gasteiger partial charge in [0.05, 0.1) is 16.6 Å². The van der Waals surface area contributed by atoms with Gasteiger partial charge in [0.1, 0.15) is 5.82 Å². The Hall–Kier alpha value is -1.43. The summed E-state index contributed by atoms with van der Waals surface area (Å²) >= 11 is 3.12. The number of hydrogen-bond acceptors (Lipinski definition) is 3. The zero-order valence-corrected chi connectivity index (χ0v) is 11.1. The number of halogens is 2. The van der Waals surface area contributed by atoms with E-state index in [4.69, 9.17) is 0 Å². The van der Waals surface area contributed by atoms with E-state index in [0.29, 0.717) is 10.0 Å². The Bertz CT molecular complexity index is 463. The molecule has 0 heterocycles. The van der Waals surface area contributed by atoms with E-state index in [-0.39, 0.29) is 5.69 Å². The number of nitro groups is 1. The Morgan fingerprint density at radius 2 is 2.24 bits per heavy atom. The lowest BCUT2D eigenvalue weighted by Crippen LogP contribution is -2.08. The maximum absolute atomic E-state index is 13.1. The Morgan fingerprint density at radius 3 is 2.76 bits per heavy atom. The van der Waals surface area contributed by atoms with Crippen molar-refractivity contribution in [1.82, 2.24) is 4.90 Å². The highest BCUT2D eigenvalue weighted by atomic mass is 79.9. The van der Waals surface area contributed by atoms with Crippen molar-refractivity contribution >= 4 is 27.7 Å². The molecule has 0 bridgehead atoms. The monoisotopic (exact) mass is 302 g/mol. The van der Waals surface area contributed by atoms with Crippen molar-refractivity contribution in [1.29, 1.82) is 0 Å². The standard InChI is InChI=1S/C11H12BrFN2O2/c1-3-14(2)5-4-9-10(12)6-8(13)7-11(9)15(16)17/h4-7H,3H2,1-2H3/b5-4+. The minimum Gasteiger partial charge on any atom is -0.381 e. The summed E-state index contributed by atoms with van der Waals surface area (Å²) in [7, 11) is 1.85. The third kappa shape index (κ3) is 3.52. The second kappa shape index (κ2) is 5.77. The molecule has 1 aromatic rings. The minimum absolute atomic E-state index is 0.252. The molecule has 0 aliphatic heterocycles. The van der Waals surface area contributed by atoms with Gasteiger partial charge >= 0.3 is 0 Å². The third-order valence-electron chi connectivity index (χ3n) is 2.26. The lowest BCUT2D eigenvalue weighted by atomic mass is 10.1. The zero-order valence-electron chi connectivity index (χ0n) is 9.48. The van der Waals surface area contributed by atoms with Gasteiger partial charge in [-0.2, -0.15) is 0 Å². The molecule has 0 atom stereocenters. The molecular formula is C11H12BrFN2O2. The lowest BCUT2D eigenvalue weighted by Gasteiger charge is -2.09. The number of benzene rings is 1. The van der Waals surface area contributed by atoms with Gasteiger partial charge in [-0.3, -0.25) is 10.1 Å². The fraction of sp³-hybridized carbons (Fsp3) is 0.273. The van der Waals surface area contributed by atoms with Crippen molar-refractivity contribution in [3.05, 3.63) is 44.3 Å². The molecule has 6 heteroatoms. The van der Waals surface area contributed by atoms with E-state index in [0.717, 1.165) is 12.6 Å². The molecule has 0 amide bonds. The normalized spacial score (nSPS) is 10.8. The van der Waals surface area contributed by atoms with Crippen LogP contribution in [0.5, 0.6) is 0 Å². The molecule has 0 fully saturated rings. The average molecular weight is 303 g/mol. The van der Waals surface area contributed by atoms with Gasteiger partial charge in [-0.15, -0.1) is 0 Å². The highest BCUT2D eigenvalue weighted by Crippen LogP contribution is 2.29. The van der Waals surface area contributed by atoms with E-state index >= 15 is 0 Å². The molecule has 1 aromatic carbocycles. The predicted octanol–water partition coefficient (Wildman–Crippen LogP) is 3.42. The van der Waals surface area contributed by atoms with Crippen LogP contribution in [0.25, 0.3) is 6.08 Å². The van der Waals surface area contributed by atoms with E-state index in [2.05, 4.69) is 15.9 Å². The van der Waals surface area contributed by atoms with Crippen molar-refractivity contribution in [3.63, 3.8) is 0 Å². The Labute approximate surface area is 107 Å². The number of hydrogen-bond donors (Lipinski definition) is 0. The van der Waals surface area contributed by atoms with Gasteiger partial charge in [0.2, 0.25) is 0 Å². The third-order valence-corrected chi connectivity index (χ3v) is 2.92. The number of nitrogens with zero attached hydrogens (tertiary/aromatic N) is 2. The maximum atomic E-state index is 13.1. The molecule has 0 aromatic heterocycles. The second-order valence-corrected chi connectivity index (χ2v) is 4.32. The van der Waals surface area contributed by atoms with E-state index < -0.39 is 10.7 Å². The van der Waals surface area contributed by atoms with E-state index in [1.807, 2.05) is 18.9 Å². The van der Waals surface area contributed by atoms with Crippen LogP contribution in [0.2, 0.25) is 0 Å². The first-order valence-electron chi connectivity index (χ1n) is 4.97. The SMILES string of the molecule is CCN(C)/C=C/c1c(Br)cc(F)cc1[N+](=O)[O-]. The van der Waals surface area contributed by atoms with Crippen LogP contribution in [-0.2, 0) is 0 Å². The van der Waals surface area contributed by atoms with Crippen LogP contribution in [0.4, 0.5) is 10.1 Å². The Balaban J connectivity index is 3.22. The fourth-order valence-electron chi connectivity index (χ4n) is 1.19. The quantitative estimate of drug-likeness (QED) is 0.632. The summed E-state index contributed by atoms with van der Waals surface area (Å²) in [4.78, 5) is 12.1. The summed E-state index contributed by atoms with van der Waals surface area (Å²) in [6, 6.07) is 2.12. The first kappa shape index (κ1) is 13.6. The predicted molar refractivity (Wildman–Crippen MR) is 68.1 cm³/mol. The van der Waals surface area contributed by atoms with Crippen LogP contribution in [0.15, 0.2) is 22.8 Å². The molecule has 4 nitrogen and oxygen atoms in total. The summed E-state index contributed by atoms with van der Waals surface area (Å²) in [5.74, 6) is -0.635. The molecule has 17 heavy (non-hydrogen) atoms. The van der Waals surface area contributed by atoms with Gasteiger partial charge in [0.15, 0.2) is 0 Å². The number of nitro benzene ring substituents is 1. The van der Waals surface area contributed by atoms with Gasteiger partial charge in [-0.05, 0) is 41.2 Å². The summed E-state index contributed by atoms with van der Waals surface area (Å²) in [5, 5.41) is 10.8. The van der Waals surface area contributed by atoms with Gasteiger partial charge in [-0.1, -0.05) is 0 Å². The summed E-state index contributed by atoms with van der Waals surface area (Å²) in [5.41, 5.74) is 0.106. The molecule has 1 rings (SSSR count). The lowest BCUT2D eigenvalue weighted by molar-refractivity contribution is -0.385. The Kier molecular flexibility index (Phi) is 4.62. The number of rotatable bonds is 4. The Morgan fingerprint density at radius 1 is 1.59 bits per heavy atom. The molecule has 0 unspecified atom stereocenters. The maximum Gasteiger partial charge on any atom is 0.280 e. The van der Waals surface area contributed by atoms with Crippen LogP contribution in [0.3, 0.4) is 0 Å². The van der Waals surface area contributed by atoms with Gasteiger partial charge in [0, 0.05) is 18.1 Å². The summed E-state index contributed by atoms with van der Waals surface area (Å²) in [6.45, 7) is 2.74. The highest BCUT2D eigenvalue weighted by molar-refractivity contribution is 9.10. The van der Waals surface area contributed by atoms with Gasteiger partial charge < -0.3 is 4.90 Å². The van der Waals surface area contributed by atoms with Crippen LogP contribution in [0.1, 0.15) is 12.5 Å². The van der Waals surface area contributed by atoms with Crippen molar-refractivity contribution in [2.75, 3.05) is 13.6 Å². The molecule has 0 radical (unpaired) electrons. The van der Waals surface area contributed by atoms with Crippen molar-refractivity contribution < 1.29 is 9.31 Å². The van der Waals surface area contributed by atoms with Gasteiger partial charge in [0.25, 0.3) is 5.69 Å². The van der Waals surface area contributed by atoms with Crippen LogP contribution in [0, 0.1) is 15.9 Å². The largest absolute Gasteiger partial charge is 0.381 e. The smallest absolute Gasteiger partial charge is 0.280 e. The molecule has 0 aliphatic rings. The van der Waals surface area contributed by atoms with Crippen LogP contribution < -0.4 is 0 Å². The zero-order chi connectivity index (χ0) is 13.0. The summed E-state index contributed by atoms with van der Waals surface area (Å²) < 4.78 is 13.4. The molecular weight excluding hydrogens is 291 g/mol. The van der Waals surface area contributed by atoms with Crippen molar-refractivity contribution in [2.24, 2.45) is 0 Å². The van der Waals surface area contributed by atoms with E-state index in [1.54, 1.807) is 12.3 Å².